The van der Waals surface area contributed by atoms with Gasteiger partial charge in [-0.1, -0.05) is 20.8 Å². The first-order valence-corrected chi connectivity index (χ1v) is 12.4. The van der Waals surface area contributed by atoms with Crippen LogP contribution in [0, 0.1) is 0 Å². The van der Waals surface area contributed by atoms with E-state index < -0.39 is 26.1 Å². The van der Waals surface area contributed by atoms with E-state index in [0.717, 1.165) is 6.42 Å². The molecule has 0 aromatic heterocycles. The van der Waals surface area contributed by atoms with E-state index in [1.54, 1.807) is 6.92 Å². The van der Waals surface area contributed by atoms with Gasteiger partial charge in [0.15, 0.2) is 8.32 Å². The maximum atomic E-state index is 12.7. The first-order chi connectivity index (χ1) is 11.7. The van der Waals surface area contributed by atoms with Gasteiger partial charge in [0.25, 0.3) is 0 Å². The molecule has 2 atom stereocenters. The topological polar surface area (TPSA) is 65.1 Å². The number of hydrogen-bond donors (Lipinski definition) is 0. The van der Waals surface area contributed by atoms with Gasteiger partial charge in [-0.25, -0.2) is 9.59 Å². The number of carbonyl (C=O) groups is 2. The molecule has 7 heteroatoms. The maximum absolute atomic E-state index is 12.7. The van der Waals surface area contributed by atoms with Crippen LogP contribution >= 0.6 is 0 Å². The van der Waals surface area contributed by atoms with Crippen LogP contribution in [0.15, 0.2) is 0 Å². The summed E-state index contributed by atoms with van der Waals surface area (Å²) in [6.07, 6.45) is 0.681. The molecule has 0 radical (unpaired) electrons. The SMILES string of the molecule is CCOC(=O)[C@@H]1CC[C@H](O[Si](C)(C)C(C)(C)C)CN1C(=O)OC(C)(C)C. The zero-order valence-corrected chi connectivity index (χ0v) is 19.0. The predicted molar refractivity (Wildman–Crippen MR) is 105 cm³/mol. The lowest BCUT2D eigenvalue weighted by Crippen LogP contribution is -2.56. The minimum atomic E-state index is -1.96. The van der Waals surface area contributed by atoms with Crippen molar-refractivity contribution in [2.24, 2.45) is 0 Å². The van der Waals surface area contributed by atoms with Gasteiger partial charge >= 0.3 is 12.1 Å². The third kappa shape index (κ3) is 6.27. The molecule has 0 aromatic carbocycles. The number of carbonyl (C=O) groups excluding carboxylic acids is 2. The fourth-order valence-corrected chi connectivity index (χ4v) is 4.01. The smallest absolute Gasteiger partial charge is 0.411 e. The van der Waals surface area contributed by atoms with Crippen LogP contribution in [-0.4, -0.2) is 56.2 Å². The molecule has 0 N–H and O–H groups in total. The van der Waals surface area contributed by atoms with E-state index in [2.05, 4.69) is 33.9 Å². The van der Waals surface area contributed by atoms with Crippen molar-refractivity contribution >= 4 is 20.4 Å². The van der Waals surface area contributed by atoms with E-state index in [4.69, 9.17) is 13.9 Å². The van der Waals surface area contributed by atoms with Crippen molar-refractivity contribution in [1.29, 1.82) is 0 Å². The number of esters is 1. The Labute approximate surface area is 159 Å². The molecule has 0 saturated carbocycles. The number of rotatable bonds is 4. The Morgan fingerprint density at radius 2 is 1.65 bits per heavy atom. The third-order valence-corrected chi connectivity index (χ3v) is 9.53. The van der Waals surface area contributed by atoms with Gasteiger partial charge in [0.2, 0.25) is 0 Å². The van der Waals surface area contributed by atoms with Crippen LogP contribution in [0.2, 0.25) is 18.1 Å². The molecule has 1 amide bonds. The second-order valence-corrected chi connectivity index (χ2v) is 14.2. The highest BCUT2D eigenvalue weighted by Gasteiger charge is 2.44. The number of ether oxygens (including phenoxy) is 2. The van der Waals surface area contributed by atoms with Crippen molar-refractivity contribution in [2.45, 2.75) is 97.2 Å². The molecule has 0 bridgehead atoms. The van der Waals surface area contributed by atoms with Crippen LogP contribution in [0.5, 0.6) is 0 Å². The molecule has 1 aliphatic heterocycles. The Bertz CT molecular complexity index is 507. The van der Waals surface area contributed by atoms with E-state index in [1.165, 1.54) is 4.90 Å². The van der Waals surface area contributed by atoms with Crippen LogP contribution in [0.3, 0.4) is 0 Å². The Morgan fingerprint density at radius 1 is 1.08 bits per heavy atom. The zero-order valence-electron chi connectivity index (χ0n) is 18.0. The van der Waals surface area contributed by atoms with Crippen molar-refractivity contribution < 1.29 is 23.5 Å². The average Bonchev–Trinajstić information content (AvgIpc) is 2.43. The molecule has 1 saturated heterocycles. The van der Waals surface area contributed by atoms with Crippen LogP contribution in [0.4, 0.5) is 4.79 Å². The second kappa shape index (κ2) is 8.29. The van der Waals surface area contributed by atoms with Crippen molar-refractivity contribution in [3.63, 3.8) is 0 Å². The molecule has 0 spiro atoms. The first kappa shape index (κ1) is 23.0. The molecule has 26 heavy (non-hydrogen) atoms. The lowest BCUT2D eigenvalue weighted by molar-refractivity contribution is -0.151. The number of hydrogen-bond acceptors (Lipinski definition) is 5. The highest BCUT2D eigenvalue weighted by atomic mass is 28.4. The Hall–Kier alpha value is -1.08. The molecule has 0 aromatic rings. The zero-order chi connectivity index (χ0) is 20.3. The molecule has 6 nitrogen and oxygen atoms in total. The maximum Gasteiger partial charge on any atom is 0.411 e. The quantitative estimate of drug-likeness (QED) is 0.530. The molecular formula is C19H37NO5Si. The number of piperidine rings is 1. The first-order valence-electron chi connectivity index (χ1n) is 9.52. The van der Waals surface area contributed by atoms with E-state index in [1.807, 2.05) is 20.8 Å². The van der Waals surface area contributed by atoms with Crippen molar-refractivity contribution in [2.75, 3.05) is 13.2 Å². The standard InChI is InChI=1S/C19H37NO5Si/c1-10-23-16(21)15-12-11-14(25-26(8,9)19(5,6)7)13-20(15)17(22)24-18(2,3)4/h14-15H,10-13H2,1-9H3/t14-,15-/m0/s1. The minimum absolute atomic E-state index is 0.0851. The van der Waals surface area contributed by atoms with Gasteiger partial charge in [0.05, 0.1) is 12.7 Å². The summed E-state index contributed by atoms with van der Waals surface area (Å²) in [7, 11) is -1.96. The summed E-state index contributed by atoms with van der Waals surface area (Å²) in [4.78, 5) is 26.5. The third-order valence-electron chi connectivity index (χ3n) is 4.99. The van der Waals surface area contributed by atoms with Gasteiger partial charge in [0.1, 0.15) is 11.6 Å². The van der Waals surface area contributed by atoms with Gasteiger partial charge in [-0.05, 0) is 58.7 Å². The van der Waals surface area contributed by atoms with E-state index in [9.17, 15) is 9.59 Å². The van der Waals surface area contributed by atoms with Crippen LogP contribution in [-0.2, 0) is 18.7 Å². The molecule has 1 rings (SSSR count). The Morgan fingerprint density at radius 3 is 2.12 bits per heavy atom. The van der Waals surface area contributed by atoms with Gasteiger partial charge in [-0.2, -0.15) is 0 Å². The number of likely N-dealkylation sites (tertiary alicyclic amines) is 1. The van der Waals surface area contributed by atoms with Crippen molar-refractivity contribution in [1.82, 2.24) is 4.90 Å². The molecule has 0 unspecified atom stereocenters. The predicted octanol–water partition coefficient (Wildman–Crippen LogP) is 4.34. The Kier molecular flexibility index (Phi) is 7.32. The molecule has 0 aliphatic carbocycles. The van der Waals surface area contributed by atoms with Gasteiger partial charge in [0, 0.05) is 6.54 Å². The van der Waals surface area contributed by atoms with Crippen LogP contribution in [0.1, 0.15) is 61.3 Å². The Balaban J connectivity index is 2.96. The lowest BCUT2D eigenvalue weighted by Gasteiger charge is -2.44. The number of nitrogens with zero attached hydrogens (tertiary/aromatic N) is 1. The fourth-order valence-electron chi connectivity index (χ4n) is 2.63. The van der Waals surface area contributed by atoms with E-state index in [-0.39, 0.29) is 17.1 Å². The van der Waals surface area contributed by atoms with Crippen molar-refractivity contribution in [3.05, 3.63) is 0 Å². The van der Waals surface area contributed by atoms with Gasteiger partial charge in [-0.3, -0.25) is 4.90 Å². The van der Waals surface area contributed by atoms with Gasteiger partial charge in [-0.15, -0.1) is 0 Å². The summed E-state index contributed by atoms with van der Waals surface area (Å²) < 4.78 is 17.2. The van der Waals surface area contributed by atoms with Crippen LogP contribution < -0.4 is 0 Å². The second-order valence-electron chi connectivity index (χ2n) is 9.48. The van der Waals surface area contributed by atoms with E-state index >= 15 is 0 Å². The summed E-state index contributed by atoms with van der Waals surface area (Å²) in [6, 6.07) is -0.607. The summed E-state index contributed by atoms with van der Waals surface area (Å²) >= 11 is 0. The summed E-state index contributed by atoms with van der Waals surface area (Å²) in [5.41, 5.74) is -0.622. The highest BCUT2D eigenvalue weighted by Crippen LogP contribution is 2.38. The highest BCUT2D eigenvalue weighted by molar-refractivity contribution is 6.74. The molecule has 1 fully saturated rings. The summed E-state index contributed by atoms with van der Waals surface area (Å²) in [6.45, 7) is 18.8. The minimum Gasteiger partial charge on any atom is -0.464 e. The van der Waals surface area contributed by atoms with Gasteiger partial charge < -0.3 is 13.9 Å². The summed E-state index contributed by atoms with van der Waals surface area (Å²) in [5, 5.41) is 0.0851. The van der Waals surface area contributed by atoms with Crippen LogP contribution in [0.25, 0.3) is 0 Å². The molecule has 1 aliphatic rings. The summed E-state index contributed by atoms with van der Waals surface area (Å²) in [5.74, 6) is -0.371. The lowest BCUT2D eigenvalue weighted by atomic mass is 10.0. The average molecular weight is 388 g/mol. The number of amides is 1. The normalized spacial score (nSPS) is 22.1. The van der Waals surface area contributed by atoms with E-state index in [0.29, 0.717) is 19.6 Å². The largest absolute Gasteiger partial charge is 0.464 e. The fraction of sp³-hybridized carbons (Fsp3) is 0.895. The molecule has 1 heterocycles. The molecule has 152 valence electrons. The molecular weight excluding hydrogens is 350 g/mol. The van der Waals surface area contributed by atoms with Crippen molar-refractivity contribution in [3.8, 4) is 0 Å². The monoisotopic (exact) mass is 387 g/mol.